The van der Waals surface area contributed by atoms with Crippen molar-refractivity contribution in [2.45, 2.75) is 19.8 Å². The Bertz CT molecular complexity index is 675. The number of anilines is 1. The number of aliphatic carboxylic acids is 1. The summed E-state index contributed by atoms with van der Waals surface area (Å²) < 4.78 is 0. The van der Waals surface area contributed by atoms with Gasteiger partial charge in [0.05, 0.1) is 11.6 Å². The van der Waals surface area contributed by atoms with E-state index in [-0.39, 0.29) is 5.92 Å². The maximum atomic E-state index is 11.2. The van der Waals surface area contributed by atoms with Crippen LogP contribution in [0.15, 0.2) is 30.6 Å². The number of hydrogen-bond acceptors (Lipinski definition) is 5. The Labute approximate surface area is 128 Å². The van der Waals surface area contributed by atoms with Gasteiger partial charge in [0, 0.05) is 37.1 Å². The number of carbonyl (C=O) groups is 1. The molecule has 0 amide bonds. The third-order valence-electron chi connectivity index (χ3n) is 3.90. The Morgan fingerprint density at radius 1 is 1.32 bits per heavy atom. The van der Waals surface area contributed by atoms with Gasteiger partial charge in [0.2, 0.25) is 0 Å². The summed E-state index contributed by atoms with van der Waals surface area (Å²) in [5.41, 5.74) is 1.82. The minimum absolute atomic E-state index is 0.326. The summed E-state index contributed by atoms with van der Waals surface area (Å²) in [6.07, 6.45) is 5.05. The van der Waals surface area contributed by atoms with Crippen molar-refractivity contribution in [2.24, 2.45) is 5.92 Å². The van der Waals surface area contributed by atoms with Gasteiger partial charge in [-0.3, -0.25) is 9.78 Å². The van der Waals surface area contributed by atoms with Gasteiger partial charge in [0.15, 0.2) is 0 Å². The van der Waals surface area contributed by atoms with Crippen LogP contribution in [0.5, 0.6) is 0 Å². The molecule has 1 aliphatic rings. The first-order valence-corrected chi connectivity index (χ1v) is 7.37. The molecule has 2 aromatic rings. The maximum absolute atomic E-state index is 11.2. The van der Waals surface area contributed by atoms with E-state index in [2.05, 4.69) is 15.0 Å². The van der Waals surface area contributed by atoms with Gasteiger partial charge in [0.1, 0.15) is 11.6 Å². The van der Waals surface area contributed by atoms with Crippen LogP contribution >= 0.6 is 0 Å². The van der Waals surface area contributed by atoms with E-state index in [0.717, 1.165) is 36.5 Å². The van der Waals surface area contributed by atoms with Crippen LogP contribution in [0.2, 0.25) is 0 Å². The molecule has 1 fully saturated rings. The molecule has 1 N–H and O–H groups in total. The minimum Gasteiger partial charge on any atom is -0.481 e. The molecule has 1 saturated heterocycles. The molecule has 0 bridgehead atoms. The lowest BCUT2D eigenvalue weighted by atomic mass is 9.98. The number of piperidine rings is 1. The van der Waals surface area contributed by atoms with Crippen LogP contribution in [0.25, 0.3) is 11.3 Å². The molecule has 0 aliphatic carbocycles. The molecule has 114 valence electrons. The fourth-order valence-corrected chi connectivity index (χ4v) is 2.77. The first-order chi connectivity index (χ1) is 10.6. The van der Waals surface area contributed by atoms with E-state index in [4.69, 9.17) is 0 Å². The lowest BCUT2D eigenvalue weighted by Gasteiger charge is -2.31. The van der Waals surface area contributed by atoms with Crippen molar-refractivity contribution in [2.75, 3.05) is 18.0 Å². The molecular formula is C16H18N4O2. The molecule has 3 heterocycles. The van der Waals surface area contributed by atoms with Crippen molar-refractivity contribution in [3.63, 3.8) is 0 Å². The van der Waals surface area contributed by atoms with Crippen molar-refractivity contribution in [1.29, 1.82) is 0 Å². The Balaban J connectivity index is 1.91. The summed E-state index contributed by atoms with van der Waals surface area (Å²) in [7, 11) is 0. The lowest BCUT2D eigenvalue weighted by Crippen LogP contribution is -2.39. The number of hydrogen-bond donors (Lipinski definition) is 1. The van der Waals surface area contributed by atoms with E-state index in [1.165, 1.54) is 0 Å². The molecule has 0 spiro atoms. The van der Waals surface area contributed by atoms with Crippen LogP contribution < -0.4 is 4.90 Å². The Hall–Kier alpha value is -2.50. The van der Waals surface area contributed by atoms with Crippen molar-refractivity contribution in [3.8, 4) is 11.3 Å². The molecule has 1 atom stereocenters. The largest absolute Gasteiger partial charge is 0.481 e. The van der Waals surface area contributed by atoms with Gasteiger partial charge >= 0.3 is 5.97 Å². The van der Waals surface area contributed by atoms with Crippen LogP contribution in [-0.4, -0.2) is 39.1 Å². The van der Waals surface area contributed by atoms with Gasteiger partial charge in [-0.15, -0.1) is 0 Å². The summed E-state index contributed by atoms with van der Waals surface area (Å²) in [6.45, 7) is 3.18. The highest BCUT2D eigenvalue weighted by molar-refractivity contribution is 5.71. The summed E-state index contributed by atoms with van der Waals surface area (Å²) in [4.78, 5) is 26.2. The fourth-order valence-electron chi connectivity index (χ4n) is 2.77. The average molecular weight is 298 g/mol. The second kappa shape index (κ2) is 6.09. The van der Waals surface area contributed by atoms with Gasteiger partial charge in [-0.25, -0.2) is 9.97 Å². The van der Waals surface area contributed by atoms with Crippen LogP contribution in [0.1, 0.15) is 18.7 Å². The first kappa shape index (κ1) is 14.4. The number of carboxylic acid groups (broad SMARTS) is 1. The average Bonchev–Trinajstić information content (AvgIpc) is 2.55. The van der Waals surface area contributed by atoms with Crippen molar-refractivity contribution in [1.82, 2.24) is 15.0 Å². The summed E-state index contributed by atoms with van der Waals surface area (Å²) >= 11 is 0. The SMILES string of the molecule is Cc1nc(-c2ccncc2)cc(N2CCCC(C(=O)O)C2)n1. The highest BCUT2D eigenvalue weighted by Crippen LogP contribution is 2.25. The van der Waals surface area contributed by atoms with Crippen molar-refractivity contribution in [3.05, 3.63) is 36.4 Å². The Morgan fingerprint density at radius 2 is 2.09 bits per heavy atom. The first-order valence-electron chi connectivity index (χ1n) is 7.37. The third-order valence-corrected chi connectivity index (χ3v) is 3.90. The van der Waals surface area contributed by atoms with Crippen molar-refractivity contribution < 1.29 is 9.90 Å². The monoisotopic (exact) mass is 298 g/mol. The molecule has 0 aromatic carbocycles. The van der Waals surface area contributed by atoms with E-state index < -0.39 is 5.97 Å². The highest BCUT2D eigenvalue weighted by atomic mass is 16.4. The van der Waals surface area contributed by atoms with Crippen LogP contribution in [-0.2, 0) is 4.79 Å². The van der Waals surface area contributed by atoms with E-state index in [9.17, 15) is 9.90 Å². The van der Waals surface area contributed by atoms with Crippen LogP contribution in [0.3, 0.4) is 0 Å². The standard InChI is InChI=1S/C16H18N4O2/c1-11-18-14(12-4-6-17-7-5-12)9-15(19-11)20-8-2-3-13(10-20)16(21)22/h4-7,9,13H,2-3,8,10H2,1H3,(H,21,22). The number of aryl methyl sites for hydroxylation is 1. The predicted octanol–water partition coefficient (Wildman–Crippen LogP) is 2.15. The maximum Gasteiger partial charge on any atom is 0.308 e. The van der Waals surface area contributed by atoms with Crippen LogP contribution in [0.4, 0.5) is 5.82 Å². The summed E-state index contributed by atoms with van der Waals surface area (Å²) in [5.74, 6) is 0.422. The number of nitrogens with zero attached hydrogens (tertiary/aromatic N) is 4. The normalized spacial score (nSPS) is 18.2. The number of aromatic nitrogens is 3. The Kier molecular flexibility index (Phi) is 4.00. The van der Waals surface area contributed by atoms with Gasteiger partial charge < -0.3 is 10.0 Å². The quantitative estimate of drug-likeness (QED) is 0.935. The molecule has 6 heteroatoms. The molecule has 3 rings (SSSR count). The number of pyridine rings is 1. The van der Waals surface area contributed by atoms with Crippen LogP contribution in [0, 0.1) is 12.8 Å². The van der Waals surface area contributed by atoms with Gasteiger partial charge in [-0.05, 0) is 31.9 Å². The molecule has 2 aromatic heterocycles. The second-order valence-electron chi connectivity index (χ2n) is 5.52. The zero-order valence-electron chi connectivity index (χ0n) is 12.4. The summed E-state index contributed by atoms with van der Waals surface area (Å²) in [5, 5.41) is 9.22. The third kappa shape index (κ3) is 3.05. The molecule has 0 radical (unpaired) electrons. The zero-order chi connectivity index (χ0) is 15.5. The molecular weight excluding hydrogens is 280 g/mol. The molecule has 1 unspecified atom stereocenters. The van der Waals surface area contributed by atoms with Gasteiger partial charge in [-0.2, -0.15) is 0 Å². The second-order valence-corrected chi connectivity index (χ2v) is 5.52. The van der Waals surface area contributed by atoms with Gasteiger partial charge in [0.25, 0.3) is 0 Å². The fraction of sp³-hybridized carbons (Fsp3) is 0.375. The molecule has 22 heavy (non-hydrogen) atoms. The lowest BCUT2D eigenvalue weighted by molar-refractivity contribution is -0.141. The molecule has 6 nitrogen and oxygen atoms in total. The topological polar surface area (TPSA) is 79.2 Å². The predicted molar refractivity (Wildman–Crippen MR) is 82.6 cm³/mol. The van der Waals surface area contributed by atoms with Gasteiger partial charge in [-0.1, -0.05) is 0 Å². The number of carboxylic acids is 1. The number of rotatable bonds is 3. The van der Waals surface area contributed by atoms with E-state index in [1.54, 1.807) is 12.4 Å². The van der Waals surface area contributed by atoms with E-state index in [0.29, 0.717) is 12.4 Å². The molecule has 1 aliphatic heterocycles. The van der Waals surface area contributed by atoms with E-state index in [1.807, 2.05) is 30.0 Å². The smallest absolute Gasteiger partial charge is 0.308 e. The summed E-state index contributed by atoms with van der Waals surface area (Å²) in [6, 6.07) is 5.73. The molecule has 0 saturated carbocycles. The minimum atomic E-state index is -0.732. The zero-order valence-corrected chi connectivity index (χ0v) is 12.4. The Morgan fingerprint density at radius 3 is 2.82 bits per heavy atom. The highest BCUT2D eigenvalue weighted by Gasteiger charge is 2.26. The van der Waals surface area contributed by atoms with Crippen molar-refractivity contribution >= 4 is 11.8 Å². The van der Waals surface area contributed by atoms with E-state index >= 15 is 0 Å².